The van der Waals surface area contributed by atoms with Crippen molar-refractivity contribution >= 4 is 12.1 Å². The normalized spacial score (nSPS) is 18.4. The van der Waals surface area contributed by atoms with Gasteiger partial charge < -0.3 is 14.2 Å². The minimum atomic E-state index is -0.739. The van der Waals surface area contributed by atoms with Gasteiger partial charge in [0.2, 0.25) is 0 Å². The Morgan fingerprint density at radius 2 is 2.10 bits per heavy atom. The summed E-state index contributed by atoms with van der Waals surface area (Å²) in [4.78, 5) is 25.0. The van der Waals surface area contributed by atoms with E-state index in [1.54, 1.807) is 0 Å². The van der Waals surface area contributed by atoms with E-state index in [2.05, 4.69) is 4.74 Å². The predicted octanol–water partition coefficient (Wildman–Crippen LogP) is 1.20. The zero-order chi connectivity index (χ0) is 14.4. The van der Waals surface area contributed by atoms with Gasteiger partial charge >= 0.3 is 12.1 Å². The number of rotatable bonds is 3. The second-order valence-electron chi connectivity index (χ2n) is 4.35. The van der Waals surface area contributed by atoms with Crippen LogP contribution in [0.1, 0.15) is 5.56 Å². The number of hydrogen-bond donors (Lipinski definition) is 0. The Labute approximate surface area is 117 Å². The first-order valence-electron chi connectivity index (χ1n) is 6.35. The Bertz CT molecular complexity index is 462. The van der Waals surface area contributed by atoms with Crippen molar-refractivity contribution in [3.05, 3.63) is 35.9 Å². The van der Waals surface area contributed by atoms with Crippen molar-refractivity contribution < 1.29 is 23.8 Å². The lowest BCUT2D eigenvalue weighted by Gasteiger charge is -2.32. The lowest BCUT2D eigenvalue weighted by Crippen LogP contribution is -2.53. The van der Waals surface area contributed by atoms with E-state index < -0.39 is 18.1 Å². The third-order valence-electron chi connectivity index (χ3n) is 3.04. The van der Waals surface area contributed by atoms with Crippen LogP contribution in [-0.4, -0.2) is 49.9 Å². The lowest BCUT2D eigenvalue weighted by atomic mass is 10.2. The van der Waals surface area contributed by atoms with Crippen LogP contribution in [0.2, 0.25) is 0 Å². The third-order valence-corrected chi connectivity index (χ3v) is 3.04. The van der Waals surface area contributed by atoms with Crippen LogP contribution in [0.4, 0.5) is 4.79 Å². The van der Waals surface area contributed by atoms with Gasteiger partial charge in [-0.25, -0.2) is 9.59 Å². The molecule has 0 aliphatic carbocycles. The molecule has 1 aromatic rings. The topological polar surface area (TPSA) is 65.1 Å². The van der Waals surface area contributed by atoms with Crippen molar-refractivity contribution in [3.63, 3.8) is 0 Å². The maximum absolute atomic E-state index is 12.0. The molecule has 0 N–H and O–H groups in total. The zero-order valence-electron chi connectivity index (χ0n) is 11.3. The molecule has 1 fully saturated rings. The average Bonchev–Trinajstić information content (AvgIpc) is 2.52. The highest BCUT2D eigenvalue weighted by Crippen LogP contribution is 2.11. The maximum Gasteiger partial charge on any atom is 0.411 e. The molecule has 108 valence electrons. The number of ether oxygens (including phenoxy) is 3. The van der Waals surface area contributed by atoms with E-state index in [1.165, 1.54) is 12.0 Å². The second kappa shape index (κ2) is 6.91. The zero-order valence-corrected chi connectivity index (χ0v) is 11.3. The molecule has 0 saturated carbocycles. The van der Waals surface area contributed by atoms with Gasteiger partial charge in [0.15, 0.2) is 6.04 Å². The van der Waals surface area contributed by atoms with Crippen LogP contribution in [0.15, 0.2) is 30.3 Å². The van der Waals surface area contributed by atoms with E-state index in [0.717, 1.165) is 5.56 Å². The van der Waals surface area contributed by atoms with Crippen LogP contribution < -0.4 is 0 Å². The predicted molar refractivity (Wildman–Crippen MR) is 70.0 cm³/mol. The van der Waals surface area contributed by atoms with E-state index in [9.17, 15) is 9.59 Å². The fourth-order valence-corrected chi connectivity index (χ4v) is 1.96. The highest BCUT2D eigenvalue weighted by molar-refractivity contribution is 5.81. The molecule has 1 saturated heterocycles. The third kappa shape index (κ3) is 3.48. The number of morpholine rings is 1. The Morgan fingerprint density at radius 3 is 2.80 bits per heavy atom. The Balaban J connectivity index is 1.94. The number of amides is 1. The highest BCUT2D eigenvalue weighted by Gasteiger charge is 2.34. The molecule has 2 rings (SSSR count). The van der Waals surface area contributed by atoms with Crippen molar-refractivity contribution in [1.82, 2.24) is 4.90 Å². The molecule has 0 spiro atoms. The Hall–Kier alpha value is -2.08. The fraction of sp³-hybridized carbons (Fsp3) is 0.429. The van der Waals surface area contributed by atoms with E-state index in [0.29, 0.717) is 13.2 Å². The van der Waals surface area contributed by atoms with Gasteiger partial charge in [0.05, 0.1) is 20.3 Å². The SMILES string of the molecule is COC(=O)C1COCCN1C(=O)OCc1ccccc1. The number of methoxy groups -OCH3 is 1. The first-order valence-corrected chi connectivity index (χ1v) is 6.35. The molecular weight excluding hydrogens is 262 g/mol. The van der Waals surface area contributed by atoms with Gasteiger partial charge in [0.1, 0.15) is 6.61 Å². The number of carbonyl (C=O) groups excluding carboxylic acids is 2. The van der Waals surface area contributed by atoms with Crippen LogP contribution in [-0.2, 0) is 25.6 Å². The second-order valence-corrected chi connectivity index (χ2v) is 4.35. The van der Waals surface area contributed by atoms with Crippen LogP contribution in [0.3, 0.4) is 0 Å². The molecule has 1 unspecified atom stereocenters. The molecule has 0 aromatic heterocycles. The Morgan fingerprint density at radius 1 is 1.35 bits per heavy atom. The van der Waals surface area contributed by atoms with Crippen molar-refractivity contribution in [2.24, 2.45) is 0 Å². The molecule has 1 aliphatic heterocycles. The lowest BCUT2D eigenvalue weighted by molar-refractivity contribution is -0.152. The van der Waals surface area contributed by atoms with Gasteiger partial charge in [-0.1, -0.05) is 30.3 Å². The molecule has 0 radical (unpaired) electrons. The van der Waals surface area contributed by atoms with Crippen molar-refractivity contribution in [3.8, 4) is 0 Å². The Kier molecular flexibility index (Phi) is 4.95. The molecule has 6 nitrogen and oxygen atoms in total. The largest absolute Gasteiger partial charge is 0.467 e. The minimum absolute atomic E-state index is 0.132. The van der Waals surface area contributed by atoms with Crippen LogP contribution in [0, 0.1) is 0 Å². The van der Waals surface area contributed by atoms with Crippen LogP contribution >= 0.6 is 0 Å². The molecule has 1 aliphatic rings. The number of esters is 1. The smallest absolute Gasteiger partial charge is 0.411 e. The van der Waals surface area contributed by atoms with Gasteiger partial charge in [-0.2, -0.15) is 0 Å². The summed E-state index contributed by atoms with van der Waals surface area (Å²) in [5.41, 5.74) is 0.892. The maximum atomic E-state index is 12.0. The molecule has 1 amide bonds. The first-order chi connectivity index (χ1) is 9.72. The first kappa shape index (κ1) is 14.3. The monoisotopic (exact) mass is 279 g/mol. The number of carbonyl (C=O) groups is 2. The van der Waals surface area contributed by atoms with Gasteiger partial charge in [0.25, 0.3) is 0 Å². The van der Waals surface area contributed by atoms with Gasteiger partial charge in [-0.15, -0.1) is 0 Å². The van der Waals surface area contributed by atoms with Crippen molar-refractivity contribution in [2.75, 3.05) is 26.9 Å². The van der Waals surface area contributed by atoms with Gasteiger partial charge in [-0.05, 0) is 5.56 Å². The minimum Gasteiger partial charge on any atom is -0.467 e. The average molecular weight is 279 g/mol. The summed E-state index contributed by atoms with van der Waals surface area (Å²) in [6.45, 7) is 0.999. The highest BCUT2D eigenvalue weighted by atomic mass is 16.6. The number of nitrogens with zero attached hydrogens (tertiary/aromatic N) is 1. The molecule has 20 heavy (non-hydrogen) atoms. The molecule has 6 heteroatoms. The van der Waals surface area contributed by atoms with Crippen LogP contribution in [0.25, 0.3) is 0 Å². The van der Waals surface area contributed by atoms with Gasteiger partial charge in [0, 0.05) is 6.54 Å². The summed E-state index contributed by atoms with van der Waals surface area (Å²) >= 11 is 0. The van der Waals surface area contributed by atoms with E-state index in [-0.39, 0.29) is 13.2 Å². The summed E-state index contributed by atoms with van der Waals surface area (Å²) in [5, 5.41) is 0. The van der Waals surface area contributed by atoms with E-state index in [4.69, 9.17) is 9.47 Å². The number of hydrogen-bond acceptors (Lipinski definition) is 5. The quantitative estimate of drug-likeness (QED) is 0.778. The fourth-order valence-electron chi connectivity index (χ4n) is 1.96. The summed E-state index contributed by atoms with van der Waals surface area (Å²) < 4.78 is 15.1. The van der Waals surface area contributed by atoms with E-state index >= 15 is 0 Å². The molecule has 0 bridgehead atoms. The molecule has 1 aromatic carbocycles. The van der Waals surface area contributed by atoms with E-state index in [1.807, 2.05) is 30.3 Å². The summed E-state index contributed by atoms with van der Waals surface area (Å²) in [5.74, 6) is -0.499. The molecule has 1 heterocycles. The number of benzene rings is 1. The molecule has 1 atom stereocenters. The van der Waals surface area contributed by atoms with Crippen molar-refractivity contribution in [2.45, 2.75) is 12.6 Å². The molecular formula is C14H17NO5. The standard InChI is InChI=1S/C14H17NO5/c1-18-13(16)12-10-19-8-7-15(12)14(17)20-9-11-5-3-2-4-6-11/h2-6,12H,7-10H2,1H3. The summed E-state index contributed by atoms with van der Waals surface area (Å²) in [7, 11) is 1.28. The van der Waals surface area contributed by atoms with Crippen molar-refractivity contribution in [1.29, 1.82) is 0 Å². The summed E-state index contributed by atoms with van der Waals surface area (Å²) in [6.07, 6.45) is -0.535. The van der Waals surface area contributed by atoms with Gasteiger partial charge in [-0.3, -0.25) is 4.90 Å². The summed E-state index contributed by atoms with van der Waals surface area (Å²) in [6, 6.07) is 8.62. The van der Waals surface area contributed by atoms with Crippen LogP contribution in [0.5, 0.6) is 0 Å².